The van der Waals surface area contributed by atoms with Crippen LogP contribution >= 0.6 is 11.3 Å². The van der Waals surface area contributed by atoms with Crippen LogP contribution in [0.3, 0.4) is 0 Å². The van der Waals surface area contributed by atoms with E-state index in [-0.39, 0.29) is 5.92 Å². The zero-order valence-corrected chi connectivity index (χ0v) is 30.7. The van der Waals surface area contributed by atoms with E-state index in [9.17, 15) is 0 Å². The Bertz CT molecular complexity index is 3060. The number of rotatable bonds is 6. The number of hydrogen-bond acceptors (Lipinski definition) is 8. The molecule has 7 nitrogen and oxygen atoms in total. The summed E-state index contributed by atoms with van der Waals surface area (Å²) >= 11 is 1.77. The summed E-state index contributed by atoms with van der Waals surface area (Å²) in [6.07, 6.45) is 4.84. The summed E-state index contributed by atoms with van der Waals surface area (Å²) in [4.78, 5) is 30.6. The van der Waals surface area contributed by atoms with E-state index < -0.39 is 0 Å². The van der Waals surface area contributed by atoms with E-state index in [0.717, 1.165) is 50.1 Å². The topological polar surface area (TPSA) is 90.5 Å². The Morgan fingerprint density at radius 3 is 1.71 bits per heavy atom. The van der Waals surface area contributed by atoms with Gasteiger partial charge in [-0.15, -0.1) is 11.3 Å². The molecule has 0 saturated carbocycles. The fourth-order valence-corrected chi connectivity index (χ4v) is 8.88. The number of hydrogen-bond donors (Lipinski definition) is 0. The molecule has 1 aliphatic rings. The van der Waals surface area contributed by atoms with Crippen molar-refractivity contribution in [3.63, 3.8) is 0 Å². The lowest BCUT2D eigenvalue weighted by Crippen LogP contribution is -2.11. The summed E-state index contributed by atoms with van der Waals surface area (Å²) in [5.41, 5.74) is 6.51. The normalized spacial score (nSPS) is 13.8. The molecular weight excluding hydrogens is 709 g/mol. The van der Waals surface area contributed by atoms with Crippen LogP contribution in [0.2, 0.25) is 0 Å². The molecule has 0 spiro atoms. The molecule has 1 unspecified atom stereocenters. The largest absolute Gasteiger partial charge is 0.456 e. The van der Waals surface area contributed by atoms with Crippen LogP contribution in [0.15, 0.2) is 162 Å². The summed E-state index contributed by atoms with van der Waals surface area (Å²) < 4.78 is 8.92. The monoisotopic (exact) mass is 738 g/mol. The summed E-state index contributed by atoms with van der Waals surface area (Å²) in [6, 6.07) is 51.3. The van der Waals surface area contributed by atoms with E-state index in [4.69, 9.17) is 34.3 Å². The Kier molecular flexibility index (Phi) is 7.67. The number of aromatic nitrogens is 6. The highest BCUT2D eigenvalue weighted by atomic mass is 32.1. The molecule has 0 bridgehead atoms. The minimum atomic E-state index is -0.139. The maximum atomic E-state index is 6.52. The Balaban J connectivity index is 1.06. The van der Waals surface area contributed by atoms with Gasteiger partial charge in [-0.2, -0.15) is 0 Å². The number of thiophene rings is 1. The van der Waals surface area contributed by atoms with E-state index in [2.05, 4.69) is 72.8 Å². The molecule has 10 aromatic rings. The van der Waals surface area contributed by atoms with E-state index in [1.54, 1.807) is 11.3 Å². The highest BCUT2D eigenvalue weighted by Gasteiger charge is 2.28. The third-order valence-electron chi connectivity index (χ3n) is 10.4. The van der Waals surface area contributed by atoms with E-state index in [1.165, 1.54) is 20.2 Å². The lowest BCUT2D eigenvalue weighted by molar-refractivity contribution is 0.589. The van der Waals surface area contributed by atoms with Gasteiger partial charge in [0, 0.05) is 64.9 Å². The molecule has 1 atom stereocenters. The first-order valence-corrected chi connectivity index (χ1v) is 19.4. The quantitative estimate of drug-likeness (QED) is 0.168. The van der Waals surface area contributed by atoms with Crippen LogP contribution in [0.1, 0.15) is 23.1 Å². The Morgan fingerprint density at radius 2 is 1.02 bits per heavy atom. The molecule has 1 aliphatic carbocycles. The Hall–Kier alpha value is -7.16. The smallest absolute Gasteiger partial charge is 0.165 e. The third kappa shape index (κ3) is 5.58. The van der Waals surface area contributed by atoms with Gasteiger partial charge in [-0.1, -0.05) is 140 Å². The highest BCUT2D eigenvalue weighted by molar-refractivity contribution is 7.26. The van der Waals surface area contributed by atoms with Gasteiger partial charge in [-0.3, -0.25) is 0 Å². The van der Waals surface area contributed by atoms with E-state index >= 15 is 0 Å². The second kappa shape index (κ2) is 13.3. The van der Waals surface area contributed by atoms with Gasteiger partial charge in [0.15, 0.2) is 29.1 Å². The zero-order valence-electron chi connectivity index (χ0n) is 29.9. The first-order chi connectivity index (χ1) is 27.7. The predicted octanol–water partition coefficient (Wildman–Crippen LogP) is 11.9. The maximum absolute atomic E-state index is 6.52. The van der Waals surface area contributed by atoms with Crippen molar-refractivity contribution >= 4 is 48.6 Å². The minimum Gasteiger partial charge on any atom is -0.456 e. The molecule has 8 heteroatoms. The van der Waals surface area contributed by atoms with Crippen LogP contribution in [-0.2, 0) is 6.42 Å². The average Bonchev–Trinajstić information content (AvgIpc) is 3.85. The standard InChI is InChI=1S/C48H30N6OS/c1-4-14-29(15-5-1)43-49-44(30-16-6-2-7-17-30)52-47(51-43)35-22-13-24-39-41(35)37-28-32(26-27-38(37)55-39)46-50-45(31-18-8-3-9-19-31)53-48(54-46)36-23-12-21-34-33-20-10-11-25-40(33)56-42(34)36/h1-27,32H,28H2. The van der Waals surface area contributed by atoms with Crippen molar-refractivity contribution in [2.45, 2.75) is 12.3 Å². The number of nitrogens with zero attached hydrogens (tertiary/aromatic N) is 6. The third-order valence-corrected chi connectivity index (χ3v) is 11.6. The van der Waals surface area contributed by atoms with Crippen LogP contribution < -0.4 is 0 Å². The second-order valence-corrected chi connectivity index (χ2v) is 14.9. The van der Waals surface area contributed by atoms with Gasteiger partial charge < -0.3 is 4.42 Å². The first-order valence-electron chi connectivity index (χ1n) is 18.6. The number of allylic oxidation sites excluding steroid dienone is 1. The molecule has 4 heterocycles. The van der Waals surface area contributed by atoms with Crippen molar-refractivity contribution in [2.24, 2.45) is 0 Å². The highest BCUT2D eigenvalue weighted by Crippen LogP contribution is 2.42. The molecule has 56 heavy (non-hydrogen) atoms. The van der Waals surface area contributed by atoms with Gasteiger partial charge in [0.25, 0.3) is 0 Å². The molecule has 0 saturated heterocycles. The number of benzene rings is 6. The Morgan fingerprint density at radius 1 is 0.482 bits per heavy atom. The van der Waals surface area contributed by atoms with Gasteiger partial charge in [0.1, 0.15) is 17.2 Å². The van der Waals surface area contributed by atoms with Crippen LogP contribution in [-0.4, -0.2) is 29.9 Å². The first kappa shape index (κ1) is 32.3. The van der Waals surface area contributed by atoms with Gasteiger partial charge >= 0.3 is 0 Å². The van der Waals surface area contributed by atoms with Crippen molar-refractivity contribution in [3.05, 3.63) is 175 Å². The fraction of sp³-hybridized carbons (Fsp3) is 0.0417. The van der Waals surface area contributed by atoms with Gasteiger partial charge in [-0.05, 0) is 30.7 Å². The fourth-order valence-electron chi connectivity index (χ4n) is 7.67. The predicted molar refractivity (Wildman–Crippen MR) is 225 cm³/mol. The van der Waals surface area contributed by atoms with Crippen LogP contribution in [0.5, 0.6) is 0 Å². The summed E-state index contributed by atoms with van der Waals surface area (Å²) in [6.45, 7) is 0. The molecule has 264 valence electrons. The SMILES string of the molecule is C1=CC(c2nc(-c3ccccc3)nc(-c3cccc4c3sc3ccccc34)n2)Cc2c1oc1cccc(-c3nc(-c4ccccc4)nc(-c4ccccc4)n3)c21. The van der Waals surface area contributed by atoms with Crippen molar-refractivity contribution in [1.29, 1.82) is 0 Å². The van der Waals surface area contributed by atoms with Gasteiger partial charge in [0.05, 0.1) is 0 Å². The minimum absolute atomic E-state index is 0.139. The lowest BCUT2D eigenvalue weighted by Gasteiger charge is -2.18. The van der Waals surface area contributed by atoms with E-state index in [0.29, 0.717) is 41.4 Å². The molecule has 11 rings (SSSR count). The summed E-state index contributed by atoms with van der Waals surface area (Å²) in [7, 11) is 0. The average molecular weight is 739 g/mol. The molecule has 6 aromatic carbocycles. The summed E-state index contributed by atoms with van der Waals surface area (Å²) in [5.74, 6) is 4.50. The van der Waals surface area contributed by atoms with Crippen molar-refractivity contribution in [2.75, 3.05) is 0 Å². The summed E-state index contributed by atoms with van der Waals surface area (Å²) in [5, 5.41) is 3.42. The molecule has 4 aromatic heterocycles. The molecule has 0 amide bonds. The zero-order chi connectivity index (χ0) is 37.0. The number of furan rings is 1. The Labute approximate surface area is 325 Å². The maximum Gasteiger partial charge on any atom is 0.165 e. The second-order valence-electron chi connectivity index (χ2n) is 13.8. The van der Waals surface area contributed by atoms with Crippen LogP contribution in [0.25, 0.3) is 94.2 Å². The van der Waals surface area contributed by atoms with Gasteiger partial charge in [-0.25, -0.2) is 29.9 Å². The molecule has 0 radical (unpaired) electrons. The molecular formula is C48H30N6OS. The molecule has 0 aliphatic heterocycles. The van der Waals surface area contributed by atoms with E-state index in [1.807, 2.05) is 91.0 Å². The van der Waals surface area contributed by atoms with Crippen molar-refractivity contribution in [1.82, 2.24) is 29.9 Å². The van der Waals surface area contributed by atoms with Crippen LogP contribution in [0, 0.1) is 0 Å². The lowest BCUT2D eigenvalue weighted by atomic mass is 9.89. The van der Waals surface area contributed by atoms with Crippen LogP contribution in [0.4, 0.5) is 0 Å². The van der Waals surface area contributed by atoms with Gasteiger partial charge in [0.2, 0.25) is 0 Å². The van der Waals surface area contributed by atoms with Crippen molar-refractivity contribution < 1.29 is 4.42 Å². The van der Waals surface area contributed by atoms with Crippen molar-refractivity contribution in [3.8, 4) is 56.9 Å². The molecule has 0 N–H and O–H groups in total. The molecule has 0 fully saturated rings. The number of fused-ring (bicyclic) bond motifs is 6.